The van der Waals surface area contributed by atoms with Crippen molar-refractivity contribution in [1.29, 1.82) is 0 Å². The van der Waals surface area contributed by atoms with E-state index in [-0.39, 0.29) is 31.1 Å². The lowest BCUT2D eigenvalue weighted by Crippen LogP contribution is -2.30. The average Bonchev–Trinajstić information content (AvgIpc) is 3.46. The van der Waals surface area contributed by atoms with Gasteiger partial charge in [0, 0.05) is 19.3 Å². The molecule has 0 fully saturated rings. The number of rotatable bonds is 66. The number of unbranched alkanes of at least 4 members (excludes halogenated alkanes) is 47. The van der Waals surface area contributed by atoms with Crippen LogP contribution in [-0.4, -0.2) is 37.2 Å². The van der Waals surface area contributed by atoms with Crippen LogP contribution in [-0.2, 0) is 28.6 Å². The largest absolute Gasteiger partial charge is 0.462 e. The van der Waals surface area contributed by atoms with Crippen molar-refractivity contribution in [2.45, 2.75) is 393 Å². The molecule has 80 heavy (non-hydrogen) atoms. The van der Waals surface area contributed by atoms with E-state index in [0.717, 1.165) is 83.5 Å². The summed E-state index contributed by atoms with van der Waals surface area (Å²) in [5, 5.41) is 0. The molecular formula is C74H136O6. The third-order valence-electron chi connectivity index (χ3n) is 16.1. The molecule has 0 saturated carbocycles. The van der Waals surface area contributed by atoms with Crippen molar-refractivity contribution in [3.8, 4) is 0 Å². The van der Waals surface area contributed by atoms with Gasteiger partial charge < -0.3 is 14.2 Å². The molecule has 0 bridgehead atoms. The highest BCUT2D eigenvalue weighted by Crippen LogP contribution is 2.19. The zero-order chi connectivity index (χ0) is 57.8. The first-order chi connectivity index (χ1) is 39.5. The predicted molar refractivity (Wildman–Crippen MR) is 349 cm³/mol. The Labute approximate surface area is 498 Å². The van der Waals surface area contributed by atoms with Gasteiger partial charge in [-0.2, -0.15) is 0 Å². The van der Waals surface area contributed by atoms with Crippen LogP contribution in [0.2, 0.25) is 0 Å². The molecule has 0 heterocycles. The van der Waals surface area contributed by atoms with Gasteiger partial charge in [0.1, 0.15) is 13.2 Å². The van der Waals surface area contributed by atoms with E-state index in [1.54, 1.807) is 0 Å². The van der Waals surface area contributed by atoms with Crippen molar-refractivity contribution in [3.63, 3.8) is 0 Å². The maximum atomic E-state index is 12.9. The molecule has 468 valence electrons. The highest BCUT2D eigenvalue weighted by molar-refractivity contribution is 5.71. The lowest BCUT2D eigenvalue weighted by atomic mass is 10.0. The van der Waals surface area contributed by atoms with Crippen molar-refractivity contribution in [2.24, 2.45) is 0 Å². The fourth-order valence-corrected chi connectivity index (χ4v) is 10.8. The van der Waals surface area contributed by atoms with Gasteiger partial charge in [-0.1, -0.05) is 358 Å². The Morgan fingerprint density at radius 1 is 0.263 bits per heavy atom. The van der Waals surface area contributed by atoms with Crippen molar-refractivity contribution in [1.82, 2.24) is 0 Å². The topological polar surface area (TPSA) is 78.9 Å². The number of allylic oxidation sites excluding steroid dienone is 8. The highest BCUT2D eigenvalue weighted by Gasteiger charge is 2.19. The molecule has 6 nitrogen and oxygen atoms in total. The molecule has 0 spiro atoms. The summed E-state index contributed by atoms with van der Waals surface area (Å²) in [6, 6.07) is 0. The van der Waals surface area contributed by atoms with Crippen molar-refractivity contribution >= 4 is 17.9 Å². The summed E-state index contributed by atoms with van der Waals surface area (Å²) < 4.78 is 16.9. The van der Waals surface area contributed by atoms with E-state index < -0.39 is 6.10 Å². The van der Waals surface area contributed by atoms with E-state index in [4.69, 9.17) is 14.2 Å². The smallest absolute Gasteiger partial charge is 0.306 e. The molecule has 1 atom stereocenters. The highest BCUT2D eigenvalue weighted by atomic mass is 16.6. The molecule has 0 amide bonds. The summed E-state index contributed by atoms with van der Waals surface area (Å²) in [5.41, 5.74) is 0. The zero-order valence-electron chi connectivity index (χ0n) is 53.9. The molecule has 0 aromatic carbocycles. The van der Waals surface area contributed by atoms with Gasteiger partial charge in [-0.05, 0) is 57.8 Å². The first-order valence-corrected chi connectivity index (χ1v) is 35.6. The third kappa shape index (κ3) is 66.2. The summed E-state index contributed by atoms with van der Waals surface area (Å²) in [6.45, 7) is 6.58. The monoisotopic (exact) mass is 1120 g/mol. The molecule has 0 aliphatic rings. The van der Waals surface area contributed by atoms with E-state index in [0.29, 0.717) is 19.3 Å². The molecule has 0 aliphatic carbocycles. The summed E-state index contributed by atoms with van der Waals surface area (Å²) >= 11 is 0. The van der Waals surface area contributed by atoms with Crippen molar-refractivity contribution < 1.29 is 28.6 Å². The minimum absolute atomic E-state index is 0.0646. The second-order valence-corrected chi connectivity index (χ2v) is 24.1. The summed E-state index contributed by atoms with van der Waals surface area (Å²) in [7, 11) is 0. The Morgan fingerprint density at radius 3 is 0.762 bits per heavy atom. The number of hydrogen-bond acceptors (Lipinski definition) is 6. The van der Waals surface area contributed by atoms with E-state index >= 15 is 0 Å². The number of carbonyl (C=O) groups excluding carboxylic acids is 3. The molecule has 0 radical (unpaired) electrons. The number of ether oxygens (including phenoxy) is 3. The van der Waals surface area contributed by atoms with Gasteiger partial charge in [0.2, 0.25) is 0 Å². The zero-order valence-corrected chi connectivity index (χ0v) is 53.9. The van der Waals surface area contributed by atoms with Crippen LogP contribution in [0.3, 0.4) is 0 Å². The van der Waals surface area contributed by atoms with E-state index in [1.807, 2.05) is 0 Å². The van der Waals surface area contributed by atoms with Gasteiger partial charge in [0.05, 0.1) is 0 Å². The number of hydrogen-bond donors (Lipinski definition) is 0. The Bertz CT molecular complexity index is 1380. The number of esters is 3. The maximum Gasteiger partial charge on any atom is 0.306 e. The van der Waals surface area contributed by atoms with Gasteiger partial charge in [-0.15, -0.1) is 0 Å². The molecular weight excluding hydrogens is 985 g/mol. The minimum Gasteiger partial charge on any atom is -0.462 e. The molecule has 0 aliphatic heterocycles. The minimum atomic E-state index is -0.766. The van der Waals surface area contributed by atoms with Crippen LogP contribution < -0.4 is 0 Å². The second-order valence-electron chi connectivity index (χ2n) is 24.1. The Balaban J connectivity index is 3.99. The van der Waals surface area contributed by atoms with Crippen LogP contribution >= 0.6 is 0 Å². The average molecular weight is 1120 g/mol. The quantitative estimate of drug-likeness (QED) is 0.0261. The third-order valence-corrected chi connectivity index (χ3v) is 16.1. The molecule has 0 aromatic rings. The molecule has 0 aromatic heterocycles. The predicted octanol–water partition coefficient (Wildman–Crippen LogP) is 24.5. The van der Waals surface area contributed by atoms with Crippen LogP contribution in [0.1, 0.15) is 387 Å². The standard InChI is InChI=1S/C74H136O6/c1-4-7-10-13-16-19-21-23-25-27-29-30-31-32-33-34-35-36-37-38-39-40-41-42-43-44-45-47-48-50-52-55-58-61-64-67-73(76)79-70-71(69-78-72(75)66-63-60-57-54-18-15-12-9-6-3)80-74(77)68-65-62-59-56-53-51-49-46-28-26-24-22-20-17-14-11-8-5-2/h7,10,16,19,23,25,29-30,71H,4-6,8-9,11-15,17-18,20-22,24,26-28,31-70H2,1-3H3/b10-7-,19-16-,25-23-,30-29-. The van der Waals surface area contributed by atoms with E-state index in [9.17, 15) is 14.4 Å². The summed E-state index contributed by atoms with van der Waals surface area (Å²) in [4.78, 5) is 38.2. The van der Waals surface area contributed by atoms with Crippen LogP contribution in [0.5, 0.6) is 0 Å². The summed E-state index contributed by atoms with van der Waals surface area (Å²) in [5.74, 6) is -0.838. The van der Waals surface area contributed by atoms with Crippen molar-refractivity contribution in [3.05, 3.63) is 48.6 Å². The first-order valence-electron chi connectivity index (χ1n) is 35.6. The van der Waals surface area contributed by atoms with Crippen LogP contribution in [0.4, 0.5) is 0 Å². The van der Waals surface area contributed by atoms with Gasteiger partial charge in [0.15, 0.2) is 6.10 Å². The Morgan fingerprint density at radius 2 is 0.487 bits per heavy atom. The Kier molecular flexibility index (Phi) is 66.6. The fraction of sp³-hybridized carbons (Fsp3) is 0.851. The normalized spacial score (nSPS) is 12.3. The molecule has 0 saturated heterocycles. The lowest BCUT2D eigenvalue weighted by Gasteiger charge is -2.18. The van der Waals surface area contributed by atoms with Gasteiger partial charge in [0.25, 0.3) is 0 Å². The Hall–Kier alpha value is -2.63. The van der Waals surface area contributed by atoms with Crippen LogP contribution in [0.15, 0.2) is 48.6 Å². The van der Waals surface area contributed by atoms with Crippen LogP contribution in [0.25, 0.3) is 0 Å². The lowest BCUT2D eigenvalue weighted by molar-refractivity contribution is -0.167. The molecule has 0 rings (SSSR count). The maximum absolute atomic E-state index is 12.9. The van der Waals surface area contributed by atoms with E-state index in [1.165, 1.54) is 263 Å². The SMILES string of the molecule is CC/C=C\C/C=C\C/C=C\C/C=C\CCCCCCCCCCCCCCCCCCCCCCCCC(=O)OCC(COC(=O)CCCCCCCCCCC)OC(=O)CCCCCCCCCCCCCCCCCCCC. The number of carbonyl (C=O) groups is 3. The molecule has 6 heteroatoms. The second kappa shape index (κ2) is 68.9. The molecule has 0 N–H and O–H groups in total. The van der Waals surface area contributed by atoms with Crippen molar-refractivity contribution in [2.75, 3.05) is 13.2 Å². The van der Waals surface area contributed by atoms with E-state index in [2.05, 4.69) is 69.4 Å². The van der Waals surface area contributed by atoms with Gasteiger partial charge in [-0.3, -0.25) is 14.4 Å². The van der Waals surface area contributed by atoms with Crippen LogP contribution in [0, 0.1) is 0 Å². The fourth-order valence-electron chi connectivity index (χ4n) is 10.8. The summed E-state index contributed by atoms with van der Waals surface area (Å²) in [6.07, 6.45) is 87.4. The molecule has 1 unspecified atom stereocenters. The van der Waals surface area contributed by atoms with Gasteiger partial charge >= 0.3 is 17.9 Å². The first kappa shape index (κ1) is 77.4. The van der Waals surface area contributed by atoms with Gasteiger partial charge in [-0.25, -0.2) is 0 Å².